The molecule has 4 unspecified atom stereocenters. The molecule has 7 nitrogen and oxygen atoms in total. The van der Waals surface area contributed by atoms with Crippen LogP contribution in [0.3, 0.4) is 0 Å². The lowest BCUT2D eigenvalue weighted by Crippen LogP contribution is -2.64. The predicted molar refractivity (Wildman–Crippen MR) is 70.4 cm³/mol. The van der Waals surface area contributed by atoms with Gasteiger partial charge in [0.25, 0.3) is 10.1 Å². The minimum absolute atomic E-state index is 0.0933. The second kappa shape index (κ2) is 5.72. The Morgan fingerprint density at radius 1 is 1.15 bits per heavy atom. The van der Waals surface area contributed by atoms with Gasteiger partial charge in [-0.05, 0) is 18.8 Å². The highest BCUT2D eigenvalue weighted by molar-refractivity contribution is 7.85. The van der Waals surface area contributed by atoms with Crippen LogP contribution in [-0.4, -0.2) is 54.7 Å². The van der Waals surface area contributed by atoms with Crippen LogP contribution in [-0.2, 0) is 29.2 Å². The van der Waals surface area contributed by atoms with Crippen LogP contribution in [0.15, 0.2) is 0 Å². The number of carbonyl (C=O) groups excluding carboxylic acids is 2. The van der Waals surface area contributed by atoms with Crippen molar-refractivity contribution in [2.75, 3.05) is 5.75 Å². The van der Waals surface area contributed by atoms with E-state index in [1.165, 1.54) is 0 Å². The maximum atomic E-state index is 13.2. The monoisotopic (exact) mass is 426 g/mol. The molecule has 3 fully saturated rings. The van der Waals surface area contributed by atoms with Crippen molar-refractivity contribution in [3.8, 4) is 0 Å². The number of hydrogen-bond donors (Lipinski definition) is 1. The Bertz CT molecular complexity index is 757. The highest BCUT2D eigenvalue weighted by Gasteiger charge is 2.77. The third kappa shape index (κ3) is 3.05. The normalized spacial score (nSPS) is 33.3. The molecule has 2 saturated carbocycles. The van der Waals surface area contributed by atoms with E-state index in [0.717, 1.165) is 0 Å². The lowest BCUT2D eigenvalue weighted by molar-refractivity contribution is -0.362. The van der Waals surface area contributed by atoms with Gasteiger partial charge in [-0.1, -0.05) is 0 Å². The van der Waals surface area contributed by atoms with Gasteiger partial charge in [-0.3, -0.25) is 14.1 Å². The van der Waals surface area contributed by atoms with Gasteiger partial charge in [-0.25, -0.2) is 0 Å². The SMILES string of the molecule is O=C1OC2C[C@@H]3CC2C1C3C(=O)OC(CS(=O)(=O)O)(C(F)(F)F)C(F)(F)F. The number of halogens is 6. The Hall–Kier alpha value is -1.57. The molecule has 14 heteroatoms. The molecule has 5 atom stereocenters. The van der Waals surface area contributed by atoms with Gasteiger partial charge < -0.3 is 9.47 Å². The van der Waals surface area contributed by atoms with E-state index in [1.54, 1.807) is 0 Å². The van der Waals surface area contributed by atoms with Crippen molar-refractivity contribution in [2.45, 2.75) is 36.9 Å². The molecule has 1 N–H and O–H groups in total. The quantitative estimate of drug-likeness (QED) is 0.412. The average Bonchev–Trinajstić information content (AvgIpc) is 3.03. The standard InChI is InChI=1S/C13H12F6O7S/c14-12(15,16)11(13(17,18)19,3-27(22,23)24)26-10(21)7-4-1-5-6(2-4)25-9(20)8(5)7/h4-8H,1-3H2,(H,22,23,24)/t4-,5?,6?,7?,8?/m0/s1. The van der Waals surface area contributed by atoms with E-state index in [2.05, 4.69) is 4.74 Å². The minimum atomic E-state index is -6.40. The largest absolute Gasteiger partial charge is 0.462 e. The van der Waals surface area contributed by atoms with Crippen molar-refractivity contribution in [3.63, 3.8) is 0 Å². The highest BCUT2D eigenvalue weighted by Crippen LogP contribution is 2.59. The zero-order chi connectivity index (χ0) is 20.6. The summed E-state index contributed by atoms with van der Waals surface area (Å²) in [6, 6.07) is 0. The zero-order valence-electron chi connectivity index (χ0n) is 13.1. The molecule has 1 heterocycles. The van der Waals surface area contributed by atoms with Crippen molar-refractivity contribution < 1.29 is 58.4 Å². The first-order valence-corrected chi connectivity index (χ1v) is 9.20. The Morgan fingerprint density at radius 3 is 2.19 bits per heavy atom. The van der Waals surface area contributed by atoms with Crippen molar-refractivity contribution in [2.24, 2.45) is 23.7 Å². The van der Waals surface area contributed by atoms with E-state index in [4.69, 9.17) is 9.29 Å². The summed E-state index contributed by atoms with van der Waals surface area (Å²) in [5, 5.41) is 0. The summed E-state index contributed by atoms with van der Waals surface area (Å²) >= 11 is 0. The van der Waals surface area contributed by atoms with E-state index in [9.17, 15) is 44.3 Å². The van der Waals surface area contributed by atoms with Crippen molar-refractivity contribution in [1.82, 2.24) is 0 Å². The Labute approximate surface area is 147 Å². The van der Waals surface area contributed by atoms with Crippen LogP contribution in [0.4, 0.5) is 26.3 Å². The summed E-state index contributed by atoms with van der Waals surface area (Å²) in [6.07, 6.45) is -13.0. The zero-order valence-corrected chi connectivity index (χ0v) is 13.9. The van der Waals surface area contributed by atoms with E-state index in [0.29, 0.717) is 0 Å². The third-order valence-electron chi connectivity index (χ3n) is 5.33. The molecular formula is C13H12F6O7S. The van der Waals surface area contributed by atoms with Crippen LogP contribution in [0, 0.1) is 23.7 Å². The molecule has 27 heavy (non-hydrogen) atoms. The van der Waals surface area contributed by atoms with Crippen LogP contribution in [0.2, 0.25) is 0 Å². The van der Waals surface area contributed by atoms with Gasteiger partial charge in [0.15, 0.2) is 0 Å². The number of ether oxygens (including phenoxy) is 2. The molecule has 1 saturated heterocycles. The van der Waals surface area contributed by atoms with Gasteiger partial charge in [0, 0.05) is 5.92 Å². The number of rotatable bonds is 4. The predicted octanol–water partition coefficient (Wildman–Crippen LogP) is 1.48. The Balaban J connectivity index is 1.97. The number of carbonyl (C=O) groups is 2. The minimum Gasteiger partial charge on any atom is -0.462 e. The van der Waals surface area contributed by atoms with Crippen LogP contribution < -0.4 is 0 Å². The Morgan fingerprint density at radius 2 is 1.70 bits per heavy atom. The van der Waals surface area contributed by atoms with Crippen LogP contribution in [0.5, 0.6) is 0 Å². The lowest BCUT2D eigenvalue weighted by Gasteiger charge is -2.37. The molecule has 2 aliphatic carbocycles. The van der Waals surface area contributed by atoms with Gasteiger partial charge in [0.1, 0.15) is 11.9 Å². The first-order valence-electron chi connectivity index (χ1n) is 7.59. The average molecular weight is 426 g/mol. The summed E-state index contributed by atoms with van der Waals surface area (Å²) in [5.74, 6) is -9.91. The van der Waals surface area contributed by atoms with Gasteiger partial charge in [0.2, 0.25) is 0 Å². The van der Waals surface area contributed by atoms with E-state index >= 15 is 0 Å². The Kier molecular flexibility index (Phi) is 4.27. The molecule has 154 valence electrons. The van der Waals surface area contributed by atoms with Crippen LogP contribution in [0.1, 0.15) is 12.8 Å². The molecule has 0 aromatic carbocycles. The molecule has 0 spiro atoms. The smallest absolute Gasteiger partial charge is 0.438 e. The molecule has 3 aliphatic rings. The fraction of sp³-hybridized carbons (Fsp3) is 0.846. The fourth-order valence-electron chi connectivity index (χ4n) is 4.29. The number of alkyl halides is 6. The van der Waals surface area contributed by atoms with Gasteiger partial charge in [-0.2, -0.15) is 34.8 Å². The number of esters is 2. The molecule has 2 bridgehead atoms. The molecular weight excluding hydrogens is 414 g/mol. The lowest BCUT2D eigenvalue weighted by atomic mass is 9.80. The maximum Gasteiger partial charge on any atom is 0.438 e. The third-order valence-corrected chi connectivity index (χ3v) is 6.10. The van der Waals surface area contributed by atoms with Crippen LogP contribution in [0.25, 0.3) is 0 Å². The van der Waals surface area contributed by atoms with Gasteiger partial charge in [0.05, 0.1) is 11.8 Å². The van der Waals surface area contributed by atoms with E-state index in [-0.39, 0.29) is 12.8 Å². The van der Waals surface area contributed by atoms with Gasteiger partial charge >= 0.3 is 29.9 Å². The first-order chi connectivity index (χ1) is 12.1. The van der Waals surface area contributed by atoms with Crippen molar-refractivity contribution in [1.29, 1.82) is 0 Å². The summed E-state index contributed by atoms with van der Waals surface area (Å²) < 4.78 is 118. The van der Waals surface area contributed by atoms with Gasteiger partial charge in [-0.15, -0.1) is 0 Å². The summed E-state index contributed by atoms with van der Waals surface area (Å²) in [4.78, 5) is 24.0. The second-order valence-electron chi connectivity index (χ2n) is 6.89. The van der Waals surface area contributed by atoms with E-state index < -0.39 is 75.5 Å². The van der Waals surface area contributed by atoms with Crippen LogP contribution >= 0.6 is 0 Å². The molecule has 3 rings (SSSR count). The number of fused-ring (bicyclic) bond motifs is 1. The molecule has 1 aliphatic heterocycles. The maximum absolute atomic E-state index is 13.2. The molecule has 0 aromatic rings. The summed E-state index contributed by atoms with van der Waals surface area (Å²) in [6.45, 7) is 0. The fourth-order valence-corrected chi connectivity index (χ4v) is 5.19. The molecule has 0 amide bonds. The van der Waals surface area contributed by atoms with E-state index in [1.807, 2.05) is 0 Å². The summed E-state index contributed by atoms with van der Waals surface area (Å²) in [7, 11) is -5.86. The first kappa shape index (κ1) is 20.2. The molecule has 0 radical (unpaired) electrons. The molecule has 0 aromatic heterocycles. The van der Waals surface area contributed by atoms with Crippen molar-refractivity contribution in [3.05, 3.63) is 0 Å². The summed E-state index contributed by atoms with van der Waals surface area (Å²) in [5.41, 5.74) is -5.46. The second-order valence-corrected chi connectivity index (χ2v) is 8.34. The highest BCUT2D eigenvalue weighted by atomic mass is 32.2. The topological polar surface area (TPSA) is 107 Å². The van der Waals surface area contributed by atoms with Crippen molar-refractivity contribution >= 4 is 22.1 Å². The number of hydrogen-bond acceptors (Lipinski definition) is 6.